The summed E-state index contributed by atoms with van der Waals surface area (Å²) in [5.41, 5.74) is 4.36. The summed E-state index contributed by atoms with van der Waals surface area (Å²) in [7, 11) is 0. The Balaban J connectivity index is 2.18. The molecule has 0 aliphatic rings. The lowest BCUT2D eigenvalue weighted by molar-refractivity contribution is 0.477. The lowest BCUT2D eigenvalue weighted by atomic mass is 10.1. The molecule has 23 heavy (non-hydrogen) atoms. The molecule has 3 aromatic rings. The van der Waals surface area contributed by atoms with E-state index in [1.165, 1.54) is 0 Å². The highest BCUT2D eigenvalue weighted by Crippen LogP contribution is 2.33. The zero-order chi connectivity index (χ0) is 16.6. The summed E-state index contributed by atoms with van der Waals surface area (Å²) in [6, 6.07) is 9.44. The van der Waals surface area contributed by atoms with Crippen molar-refractivity contribution in [3.63, 3.8) is 0 Å². The molecule has 5 heteroatoms. The van der Waals surface area contributed by atoms with E-state index in [1.807, 2.05) is 38.2 Å². The van der Waals surface area contributed by atoms with E-state index in [2.05, 4.69) is 29.1 Å². The van der Waals surface area contributed by atoms with E-state index in [0.717, 1.165) is 22.5 Å². The molecule has 1 N–H and O–H groups in total. The monoisotopic (exact) mass is 308 g/mol. The van der Waals surface area contributed by atoms with E-state index in [4.69, 9.17) is 0 Å². The maximum absolute atomic E-state index is 10.0. The second-order valence-electron chi connectivity index (χ2n) is 6.00. The van der Waals surface area contributed by atoms with Gasteiger partial charge in [0.15, 0.2) is 17.2 Å². The predicted octanol–water partition coefficient (Wildman–Crippen LogP) is 5.20. The van der Waals surface area contributed by atoms with Crippen LogP contribution in [-0.4, -0.2) is 14.5 Å². The van der Waals surface area contributed by atoms with Crippen LogP contribution in [0.2, 0.25) is 0 Å². The zero-order valence-corrected chi connectivity index (χ0v) is 13.8. The normalized spacial score (nSPS) is 11.9. The Bertz CT molecular complexity index is 873. The fourth-order valence-corrected chi connectivity index (χ4v) is 2.61. The molecule has 0 amide bonds. The number of nitrogens with zero attached hydrogens (tertiary/aromatic N) is 4. The van der Waals surface area contributed by atoms with E-state index < -0.39 is 0 Å². The number of aromatic hydroxyl groups is 1. The van der Waals surface area contributed by atoms with Crippen LogP contribution in [-0.2, 0) is 0 Å². The van der Waals surface area contributed by atoms with E-state index in [-0.39, 0.29) is 11.7 Å². The minimum absolute atomic E-state index is 0.142. The minimum atomic E-state index is 0.142. The van der Waals surface area contributed by atoms with Crippen LogP contribution >= 0.6 is 0 Å². The first-order valence-corrected chi connectivity index (χ1v) is 7.67. The van der Waals surface area contributed by atoms with Crippen LogP contribution in [0.5, 0.6) is 5.75 Å². The third-order valence-electron chi connectivity index (χ3n) is 3.86. The van der Waals surface area contributed by atoms with Crippen LogP contribution in [0, 0.1) is 13.8 Å². The number of hydrogen-bond donors (Lipinski definition) is 1. The molecule has 0 atom stereocenters. The summed E-state index contributed by atoms with van der Waals surface area (Å²) in [6.45, 7) is 8.14. The molecule has 0 aliphatic carbocycles. The Kier molecular flexibility index (Phi) is 3.86. The Morgan fingerprint density at radius 3 is 2.39 bits per heavy atom. The molecule has 118 valence electrons. The quantitative estimate of drug-likeness (QED) is 0.676. The average Bonchev–Trinajstić information content (AvgIpc) is 2.87. The van der Waals surface area contributed by atoms with Crippen molar-refractivity contribution in [2.24, 2.45) is 10.2 Å². The van der Waals surface area contributed by atoms with Gasteiger partial charge < -0.3 is 5.11 Å². The molecule has 5 nitrogen and oxygen atoms in total. The molecule has 0 bridgehead atoms. The fraction of sp³-hybridized carbons (Fsp3) is 0.278. The van der Waals surface area contributed by atoms with Crippen molar-refractivity contribution >= 4 is 17.2 Å². The number of benzene rings is 1. The van der Waals surface area contributed by atoms with Gasteiger partial charge in [0.2, 0.25) is 0 Å². The van der Waals surface area contributed by atoms with Gasteiger partial charge in [-0.1, -0.05) is 32.0 Å². The van der Waals surface area contributed by atoms with E-state index in [1.54, 1.807) is 16.5 Å². The standard InChI is InChI=1S/C18H20N4O/c1-11(2)15-18(22-10-6-9-14(23)17(22)19-15)21-20-16-12(3)7-5-8-13(16)4/h5-11,23H,1-4H3. The van der Waals surface area contributed by atoms with Crippen molar-refractivity contribution in [2.75, 3.05) is 0 Å². The van der Waals surface area contributed by atoms with E-state index in [9.17, 15) is 5.11 Å². The van der Waals surface area contributed by atoms with Crippen molar-refractivity contribution in [3.05, 3.63) is 53.3 Å². The molecule has 0 radical (unpaired) electrons. The van der Waals surface area contributed by atoms with Crippen LogP contribution in [0.3, 0.4) is 0 Å². The minimum Gasteiger partial charge on any atom is -0.504 e. The number of fused-ring (bicyclic) bond motifs is 1. The molecule has 0 spiro atoms. The molecule has 0 saturated carbocycles. The molecule has 0 unspecified atom stereocenters. The molecule has 3 rings (SSSR count). The Labute approximate surface area is 135 Å². The maximum atomic E-state index is 10.0. The molecule has 2 heterocycles. The fourth-order valence-electron chi connectivity index (χ4n) is 2.61. The second kappa shape index (κ2) is 5.83. The highest BCUT2D eigenvalue weighted by atomic mass is 16.3. The van der Waals surface area contributed by atoms with Gasteiger partial charge in [-0.15, -0.1) is 10.2 Å². The van der Waals surface area contributed by atoms with Crippen LogP contribution in [0.1, 0.15) is 36.6 Å². The van der Waals surface area contributed by atoms with Crippen molar-refractivity contribution < 1.29 is 5.11 Å². The smallest absolute Gasteiger partial charge is 0.183 e. The number of azo groups is 1. The van der Waals surface area contributed by atoms with Crippen molar-refractivity contribution in [1.82, 2.24) is 9.38 Å². The third-order valence-corrected chi connectivity index (χ3v) is 3.86. The summed E-state index contributed by atoms with van der Waals surface area (Å²) in [6.07, 6.45) is 1.84. The van der Waals surface area contributed by atoms with Gasteiger partial charge in [-0.2, -0.15) is 0 Å². The largest absolute Gasteiger partial charge is 0.504 e. The lowest BCUT2D eigenvalue weighted by Gasteiger charge is -2.04. The van der Waals surface area contributed by atoms with Crippen LogP contribution < -0.4 is 0 Å². The lowest BCUT2D eigenvalue weighted by Crippen LogP contribution is -1.88. The highest BCUT2D eigenvalue weighted by molar-refractivity contribution is 5.61. The molecular weight excluding hydrogens is 288 g/mol. The highest BCUT2D eigenvalue weighted by Gasteiger charge is 2.17. The van der Waals surface area contributed by atoms with Crippen molar-refractivity contribution in [1.29, 1.82) is 0 Å². The zero-order valence-electron chi connectivity index (χ0n) is 13.8. The topological polar surface area (TPSA) is 62.2 Å². The first-order valence-electron chi connectivity index (χ1n) is 7.67. The second-order valence-corrected chi connectivity index (χ2v) is 6.00. The van der Waals surface area contributed by atoms with Gasteiger partial charge in [-0.05, 0) is 43.0 Å². The SMILES string of the molecule is Cc1cccc(C)c1N=Nc1c(C(C)C)nc2c(O)cccn12. The number of aromatic nitrogens is 2. The Morgan fingerprint density at radius 1 is 1.04 bits per heavy atom. The van der Waals surface area contributed by atoms with Gasteiger partial charge in [-0.3, -0.25) is 4.40 Å². The summed E-state index contributed by atoms with van der Waals surface area (Å²) in [5.74, 6) is 0.984. The van der Waals surface area contributed by atoms with Crippen LogP contribution in [0.15, 0.2) is 46.8 Å². The molecule has 0 fully saturated rings. The van der Waals surface area contributed by atoms with E-state index in [0.29, 0.717) is 11.5 Å². The van der Waals surface area contributed by atoms with Crippen LogP contribution in [0.25, 0.3) is 5.65 Å². The predicted molar refractivity (Wildman–Crippen MR) is 91.0 cm³/mol. The number of pyridine rings is 1. The summed E-state index contributed by atoms with van der Waals surface area (Å²) >= 11 is 0. The maximum Gasteiger partial charge on any atom is 0.183 e. The van der Waals surface area contributed by atoms with Crippen molar-refractivity contribution in [2.45, 2.75) is 33.6 Å². The van der Waals surface area contributed by atoms with Gasteiger partial charge in [-0.25, -0.2) is 4.98 Å². The van der Waals surface area contributed by atoms with Gasteiger partial charge >= 0.3 is 0 Å². The van der Waals surface area contributed by atoms with Crippen LogP contribution in [0.4, 0.5) is 11.5 Å². The van der Waals surface area contributed by atoms with E-state index >= 15 is 0 Å². The van der Waals surface area contributed by atoms with Crippen molar-refractivity contribution in [3.8, 4) is 5.75 Å². The first kappa shape index (κ1) is 15.2. The Hall–Kier alpha value is -2.69. The summed E-state index contributed by atoms with van der Waals surface area (Å²) in [5, 5.41) is 18.9. The molecule has 0 aliphatic heterocycles. The van der Waals surface area contributed by atoms with Gasteiger partial charge in [0.25, 0.3) is 0 Å². The summed E-state index contributed by atoms with van der Waals surface area (Å²) < 4.78 is 1.78. The number of aryl methyl sites for hydroxylation is 2. The first-order chi connectivity index (χ1) is 11.0. The van der Waals surface area contributed by atoms with Gasteiger partial charge in [0.05, 0.1) is 11.4 Å². The van der Waals surface area contributed by atoms with Gasteiger partial charge in [0.1, 0.15) is 0 Å². The molecule has 2 aromatic heterocycles. The van der Waals surface area contributed by atoms with Gasteiger partial charge in [0, 0.05) is 6.20 Å². The average molecular weight is 308 g/mol. The number of rotatable bonds is 3. The third kappa shape index (κ3) is 2.70. The Morgan fingerprint density at radius 2 is 1.74 bits per heavy atom. The molecular formula is C18H20N4O. The summed E-state index contributed by atoms with van der Waals surface area (Å²) in [4.78, 5) is 4.53. The number of hydrogen-bond acceptors (Lipinski definition) is 4. The molecule has 0 saturated heterocycles. The number of imidazole rings is 1. The molecule has 1 aromatic carbocycles.